The zero-order valence-corrected chi connectivity index (χ0v) is 13.6. The molecule has 1 atom stereocenters. The minimum Gasteiger partial charge on any atom is -0.489 e. The molecule has 3 rings (SSSR count). The van der Waals surface area contributed by atoms with Crippen molar-refractivity contribution < 1.29 is 14.6 Å². The minimum absolute atomic E-state index is 0.361. The van der Waals surface area contributed by atoms with Crippen LogP contribution in [0.4, 0.5) is 0 Å². The van der Waals surface area contributed by atoms with Crippen LogP contribution in [0.2, 0.25) is 0 Å². The van der Waals surface area contributed by atoms with E-state index >= 15 is 0 Å². The molecule has 2 heterocycles. The van der Waals surface area contributed by atoms with E-state index in [-0.39, 0.29) is 6.04 Å². The number of aliphatic carboxylic acids is 1. The SMILES string of the molecule is O=C(O)C1CCCCN1Cc1ccc(OCc2cccnc2)cc1. The van der Waals surface area contributed by atoms with Crippen molar-refractivity contribution in [3.8, 4) is 5.75 Å². The number of hydrogen-bond acceptors (Lipinski definition) is 4. The lowest BCUT2D eigenvalue weighted by Gasteiger charge is -2.32. The normalized spacial score (nSPS) is 18.2. The molecule has 126 valence electrons. The quantitative estimate of drug-likeness (QED) is 0.884. The van der Waals surface area contributed by atoms with Crippen LogP contribution in [0.5, 0.6) is 5.75 Å². The molecule has 5 nitrogen and oxygen atoms in total. The van der Waals surface area contributed by atoms with Crippen molar-refractivity contribution in [2.45, 2.75) is 38.5 Å². The van der Waals surface area contributed by atoms with Gasteiger partial charge in [0.25, 0.3) is 0 Å². The predicted octanol–water partition coefficient (Wildman–Crippen LogP) is 3.10. The molecule has 1 aromatic carbocycles. The second kappa shape index (κ2) is 7.93. The molecule has 0 bridgehead atoms. The van der Waals surface area contributed by atoms with Crippen molar-refractivity contribution in [2.75, 3.05) is 6.54 Å². The van der Waals surface area contributed by atoms with Gasteiger partial charge in [0, 0.05) is 24.5 Å². The van der Waals surface area contributed by atoms with Crippen molar-refractivity contribution in [1.82, 2.24) is 9.88 Å². The van der Waals surface area contributed by atoms with E-state index in [0.717, 1.165) is 42.7 Å². The molecule has 1 aliphatic rings. The molecule has 1 N–H and O–H groups in total. The van der Waals surface area contributed by atoms with Gasteiger partial charge in [-0.3, -0.25) is 14.7 Å². The number of nitrogens with zero attached hydrogens (tertiary/aromatic N) is 2. The molecule has 0 radical (unpaired) electrons. The van der Waals surface area contributed by atoms with Crippen LogP contribution in [0.3, 0.4) is 0 Å². The molecular weight excluding hydrogens is 304 g/mol. The third-order valence-electron chi connectivity index (χ3n) is 4.34. The Labute approximate surface area is 141 Å². The number of benzene rings is 1. The number of carbonyl (C=O) groups is 1. The summed E-state index contributed by atoms with van der Waals surface area (Å²) < 4.78 is 5.75. The monoisotopic (exact) mass is 326 g/mol. The number of hydrogen-bond donors (Lipinski definition) is 1. The maximum atomic E-state index is 11.4. The Morgan fingerprint density at radius 1 is 1.21 bits per heavy atom. The predicted molar refractivity (Wildman–Crippen MR) is 90.7 cm³/mol. The second-order valence-electron chi connectivity index (χ2n) is 6.11. The fraction of sp³-hybridized carbons (Fsp3) is 0.368. The van der Waals surface area contributed by atoms with Crippen LogP contribution in [0.1, 0.15) is 30.4 Å². The van der Waals surface area contributed by atoms with Gasteiger partial charge in [-0.05, 0) is 43.1 Å². The summed E-state index contributed by atoms with van der Waals surface area (Å²) in [5.41, 5.74) is 2.14. The van der Waals surface area contributed by atoms with Gasteiger partial charge in [-0.1, -0.05) is 24.6 Å². The molecule has 1 aliphatic heterocycles. The van der Waals surface area contributed by atoms with Gasteiger partial charge >= 0.3 is 5.97 Å². The van der Waals surface area contributed by atoms with Gasteiger partial charge in [-0.2, -0.15) is 0 Å². The first-order chi connectivity index (χ1) is 11.7. The van der Waals surface area contributed by atoms with Crippen LogP contribution >= 0.6 is 0 Å². The Morgan fingerprint density at radius 2 is 2.04 bits per heavy atom. The highest BCUT2D eigenvalue weighted by Gasteiger charge is 2.28. The summed E-state index contributed by atoms with van der Waals surface area (Å²) in [5, 5.41) is 9.34. The van der Waals surface area contributed by atoms with Gasteiger partial charge in [0.1, 0.15) is 18.4 Å². The van der Waals surface area contributed by atoms with Crippen molar-refractivity contribution in [2.24, 2.45) is 0 Å². The van der Waals surface area contributed by atoms with E-state index in [1.807, 2.05) is 36.4 Å². The standard InChI is InChI=1S/C19H22N2O3/c22-19(23)18-5-1-2-11-21(18)13-15-6-8-17(9-7-15)24-14-16-4-3-10-20-12-16/h3-4,6-10,12,18H,1-2,5,11,13-14H2,(H,22,23). The molecule has 5 heteroatoms. The molecule has 1 unspecified atom stereocenters. The highest BCUT2D eigenvalue weighted by Crippen LogP contribution is 2.21. The first-order valence-corrected chi connectivity index (χ1v) is 8.30. The van der Waals surface area contributed by atoms with Gasteiger partial charge in [0.05, 0.1) is 0 Å². The first kappa shape index (κ1) is 16.5. The summed E-state index contributed by atoms with van der Waals surface area (Å²) in [6, 6.07) is 11.4. The molecule has 0 amide bonds. The van der Waals surface area contributed by atoms with Crippen LogP contribution in [0.15, 0.2) is 48.8 Å². The molecule has 0 spiro atoms. The van der Waals surface area contributed by atoms with E-state index < -0.39 is 5.97 Å². The molecule has 0 saturated carbocycles. The number of piperidine rings is 1. The fourth-order valence-electron chi connectivity index (χ4n) is 3.04. The lowest BCUT2D eigenvalue weighted by Crippen LogP contribution is -2.43. The molecule has 0 aliphatic carbocycles. The maximum Gasteiger partial charge on any atom is 0.320 e. The number of ether oxygens (including phenoxy) is 1. The maximum absolute atomic E-state index is 11.4. The third-order valence-corrected chi connectivity index (χ3v) is 4.34. The Hall–Kier alpha value is -2.40. The summed E-state index contributed by atoms with van der Waals surface area (Å²) in [4.78, 5) is 17.5. The van der Waals surface area contributed by atoms with Crippen molar-refractivity contribution in [3.05, 3.63) is 59.9 Å². The first-order valence-electron chi connectivity index (χ1n) is 8.30. The van der Waals surface area contributed by atoms with Crippen LogP contribution in [-0.4, -0.2) is 33.5 Å². The van der Waals surface area contributed by atoms with Crippen LogP contribution < -0.4 is 4.74 Å². The van der Waals surface area contributed by atoms with Gasteiger partial charge in [0.2, 0.25) is 0 Å². The Kier molecular flexibility index (Phi) is 5.43. The van der Waals surface area contributed by atoms with Gasteiger partial charge in [-0.25, -0.2) is 0 Å². The minimum atomic E-state index is -0.717. The number of likely N-dealkylation sites (tertiary alicyclic amines) is 1. The van der Waals surface area contributed by atoms with E-state index in [1.165, 1.54) is 0 Å². The molecule has 24 heavy (non-hydrogen) atoms. The van der Waals surface area contributed by atoms with Crippen LogP contribution in [0, 0.1) is 0 Å². The number of carboxylic acids is 1. The number of aromatic nitrogens is 1. The smallest absolute Gasteiger partial charge is 0.320 e. The van der Waals surface area contributed by atoms with Gasteiger partial charge < -0.3 is 9.84 Å². The molecule has 1 aromatic heterocycles. The van der Waals surface area contributed by atoms with E-state index in [2.05, 4.69) is 9.88 Å². The summed E-state index contributed by atoms with van der Waals surface area (Å²) in [6.45, 7) is 2.00. The second-order valence-corrected chi connectivity index (χ2v) is 6.11. The largest absolute Gasteiger partial charge is 0.489 e. The van der Waals surface area contributed by atoms with Crippen molar-refractivity contribution in [3.63, 3.8) is 0 Å². The lowest BCUT2D eigenvalue weighted by atomic mass is 10.0. The lowest BCUT2D eigenvalue weighted by molar-refractivity contribution is -0.144. The van der Waals surface area contributed by atoms with E-state index in [0.29, 0.717) is 13.2 Å². The average molecular weight is 326 g/mol. The molecule has 1 saturated heterocycles. The number of carboxylic acid groups (broad SMARTS) is 1. The van der Waals surface area contributed by atoms with Gasteiger partial charge in [0.15, 0.2) is 0 Å². The highest BCUT2D eigenvalue weighted by molar-refractivity contribution is 5.73. The summed E-state index contributed by atoms with van der Waals surface area (Å²) >= 11 is 0. The Bertz CT molecular complexity index is 658. The molecular formula is C19H22N2O3. The van der Waals surface area contributed by atoms with E-state index in [1.54, 1.807) is 12.4 Å². The van der Waals surface area contributed by atoms with Crippen molar-refractivity contribution in [1.29, 1.82) is 0 Å². The number of rotatable bonds is 6. The Balaban J connectivity index is 1.57. The summed E-state index contributed by atoms with van der Waals surface area (Å²) in [6.07, 6.45) is 6.33. The van der Waals surface area contributed by atoms with Gasteiger partial charge in [-0.15, -0.1) is 0 Å². The number of pyridine rings is 1. The summed E-state index contributed by atoms with van der Waals surface area (Å²) in [5.74, 6) is 0.0853. The van der Waals surface area contributed by atoms with Crippen LogP contribution in [-0.2, 0) is 17.9 Å². The average Bonchev–Trinajstić information content (AvgIpc) is 2.62. The highest BCUT2D eigenvalue weighted by atomic mass is 16.5. The Morgan fingerprint density at radius 3 is 2.75 bits per heavy atom. The zero-order chi connectivity index (χ0) is 16.8. The molecule has 1 fully saturated rings. The topological polar surface area (TPSA) is 62.7 Å². The zero-order valence-electron chi connectivity index (χ0n) is 13.6. The van der Waals surface area contributed by atoms with Crippen molar-refractivity contribution >= 4 is 5.97 Å². The fourth-order valence-corrected chi connectivity index (χ4v) is 3.04. The van der Waals surface area contributed by atoms with Crippen LogP contribution in [0.25, 0.3) is 0 Å². The van der Waals surface area contributed by atoms with E-state index in [4.69, 9.17) is 4.74 Å². The summed E-state index contributed by atoms with van der Waals surface area (Å²) in [7, 11) is 0. The third kappa shape index (κ3) is 4.32. The van der Waals surface area contributed by atoms with E-state index in [9.17, 15) is 9.90 Å². The molecule has 2 aromatic rings.